The summed E-state index contributed by atoms with van der Waals surface area (Å²) in [5.41, 5.74) is 5.30. The average molecular weight is 267 g/mol. The quantitative estimate of drug-likeness (QED) is 0.870. The zero-order valence-electron chi connectivity index (χ0n) is 11.7. The topological polar surface area (TPSA) is 81.6 Å². The van der Waals surface area contributed by atoms with Crippen molar-refractivity contribution in [1.29, 1.82) is 0 Å². The summed E-state index contributed by atoms with van der Waals surface area (Å²) >= 11 is 0. The van der Waals surface area contributed by atoms with E-state index < -0.39 is 6.04 Å². The predicted octanol–water partition coefficient (Wildman–Crippen LogP) is 0.658. The smallest absolute Gasteiger partial charge is 0.237 e. The summed E-state index contributed by atoms with van der Waals surface area (Å²) in [6.45, 7) is 8.27. The van der Waals surface area contributed by atoms with Gasteiger partial charge in [-0.3, -0.25) is 9.69 Å². The Kier molecular flexibility index (Phi) is 3.91. The van der Waals surface area contributed by atoms with E-state index in [9.17, 15) is 4.79 Å². The van der Waals surface area contributed by atoms with E-state index >= 15 is 0 Å². The molecule has 19 heavy (non-hydrogen) atoms. The number of rotatable bonds is 3. The fraction of sp³-hybridized carbons (Fsp3) is 0.692. The van der Waals surface area contributed by atoms with E-state index in [1.165, 1.54) is 0 Å². The lowest BCUT2D eigenvalue weighted by atomic mass is 9.94. The van der Waals surface area contributed by atoms with Gasteiger partial charge < -0.3 is 14.9 Å². The third-order valence-electron chi connectivity index (χ3n) is 3.20. The van der Waals surface area contributed by atoms with Crippen molar-refractivity contribution >= 4 is 5.91 Å². The number of ether oxygens (including phenoxy) is 1. The molecule has 0 bridgehead atoms. The van der Waals surface area contributed by atoms with Crippen LogP contribution in [-0.4, -0.2) is 41.6 Å². The summed E-state index contributed by atoms with van der Waals surface area (Å²) in [6, 6.07) is -0.404. The molecule has 2 heterocycles. The van der Waals surface area contributed by atoms with Crippen molar-refractivity contribution in [3.8, 4) is 0 Å². The Hall–Kier alpha value is -1.40. The number of aromatic nitrogens is 1. The molecule has 1 saturated heterocycles. The van der Waals surface area contributed by atoms with E-state index in [-0.39, 0.29) is 11.3 Å². The SMILES string of the molecule is CC(C)(C)c1cnc(CN2CCOCC2C(N)=O)o1. The van der Waals surface area contributed by atoms with Crippen molar-refractivity contribution in [3.63, 3.8) is 0 Å². The molecule has 6 heteroatoms. The fourth-order valence-electron chi connectivity index (χ4n) is 1.99. The fourth-order valence-corrected chi connectivity index (χ4v) is 1.99. The van der Waals surface area contributed by atoms with Crippen LogP contribution in [0, 0.1) is 0 Å². The van der Waals surface area contributed by atoms with Crippen LogP contribution < -0.4 is 5.73 Å². The summed E-state index contributed by atoms with van der Waals surface area (Å²) in [4.78, 5) is 17.6. The Balaban J connectivity index is 2.07. The molecule has 6 nitrogen and oxygen atoms in total. The second kappa shape index (κ2) is 5.30. The van der Waals surface area contributed by atoms with Crippen molar-refractivity contribution < 1.29 is 13.9 Å². The highest BCUT2D eigenvalue weighted by molar-refractivity contribution is 5.80. The lowest BCUT2D eigenvalue weighted by Crippen LogP contribution is -2.51. The lowest BCUT2D eigenvalue weighted by Gasteiger charge is -2.32. The highest BCUT2D eigenvalue weighted by Crippen LogP contribution is 2.23. The van der Waals surface area contributed by atoms with Crippen LogP contribution in [0.3, 0.4) is 0 Å². The molecule has 1 aromatic heterocycles. The maximum atomic E-state index is 11.4. The minimum Gasteiger partial charge on any atom is -0.444 e. The largest absolute Gasteiger partial charge is 0.444 e. The first-order valence-electron chi connectivity index (χ1n) is 6.44. The van der Waals surface area contributed by atoms with Crippen molar-refractivity contribution in [1.82, 2.24) is 9.88 Å². The maximum Gasteiger partial charge on any atom is 0.237 e. The van der Waals surface area contributed by atoms with Crippen LogP contribution in [0.1, 0.15) is 32.4 Å². The molecule has 1 aliphatic rings. The molecular weight excluding hydrogens is 246 g/mol. The summed E-state index contributed by atoms with van der Waals surface area (Å²) in [6.07, 6.45) is 1.75. The van der Waals surface area contributed by atoms with Crippen LogP contribution in [0.4, 0.5) is 0 Å². The Bertz CT molecular complexity index is 450. The molecule has 106 valence electrons. The number of primary amides is 1. The Labute approximate surface area is 112 Å². The summed E-state index contributed by atoms with van der Waals surface area (Å²) < 4.78 is 11.0. The van der Waals surface area contributed by atoms with Gasteiger partial charge in [-0.1, -0.05) is 20.8 Å². The van der Waals surface area contributed by atoms with E-state index in [0.717, 1.165) is 5.76 Å². The molecule has 1 unspecified atom stereocenters. The first kappa shape index (κ1) is 14.0. The molecule has 2 rings (SSSR count). The Morgan fingerprint density at radius 2 is 2.32 bits per heavy atom. The number of hydrogen-bond acceptors (Lipinski definition) is 5. The van der Waals surface area contributed by atoms with Gasteiger partial charge in [0.05, 0.1) is 26.0 Å². The molecule has 0 aliphatic carbocycles. The number of hydrogen-bond donors (Lipinski definition) is 1. The number of amides is 1. The van der Waals surface area contributed by atoms with Crippen LogP contribution in [0.5, 0.6) is 0 Å². The van der Waals surface area contributed by atoms with Gasteiger partial charge in [-0.05, 0) is 0 Å². The molecule has 0 saturated carbocycles. The number of carbonyl (C=O) groups excluding carboxylic acids is 1. The van der Waals surface area contributed by atoms with E-state index in [2.05, 4.69) is 25.8 Å². The Morgan fingerprint density at radius 3 is 2.89 bits per heavy atom. The Morgan fingerprint density at radius 1 is 1.58 bits per heavy atom. The molecule has 1 atom stereocenters. The van der Waals surface area contributed by atoms with E-state index in [1.807, 2.05) is 4.90 Å². The van der Waals surface area contributed by atoms with Gasteiger partial charge in [0.25, 0.3) is 0 Å². The number of morpholine rings is 1. The third-order valence-corrected chi connectivity index (χ3v) is 3.20. The van der Waals surface area contributed by atoms with Gasteiger partial charge in [-0.2, -0.15) is 0 Å². The molecule has 0 spiro atoms. The zero-order valence-corrected chi connectivity index (χ0v) is 11.7. The standard InChI is InChI=1S/C13H21N3O3/c1-13(2,3)10-6-15-11(19-10)7-16-4-5-18-8-9(16)12(14)17/h6,9H,4-5,7-8H2,1-3H3,(H2,14,17). The van der Waals surface area contributed by atoms with Gasteiger partial charge >= 0.3 is 0 Å². The minimum absolute atomic E-state index is 0.0701. The van der Waals surface area contributed by atoms with Gasteiger partial charge in [0.1, 0.15) is 11.8 Å². The number of oxazole rings is 1. The zero-order chi connectivity index (χ0) is 14.0. The highest BCUT2D eigenvalue weighted by atomic mass is 16.5. The second-order valence-electron chi connectivity index (χ2n) is 5.83. The van der Waals surface area contributed by atoms with Crippen molar-refractivity contribution in [2.75, 3.05) is 19.8 Å². The first-order chi connectivity index (χ1) is 8.88. The van der Waals surface area contributed by atoms with Crippen molar-refractivity contribution in [3.05, 3.63) is 17.8 Å². The van der Waals surface area contributed by atoms with Gasteiger partial charge in [0.15, 0.2) is 0 Å². The van der Waals surface area contributed by atoms with Crippen LogP contribution in [0.2, 0.25) is 0 Å². The molecule has 1 aliphatic heterocycles. The van der Waals surface area contributed by atoms with Crippen LogP contribution in [0.15, 0.2) is 10.6 Å². The first-order valence-corrected chi connectivity index (χ1v) is 6.44. The predicted molar refractivity (Wildman–Crippen MR) is 69.4 cm³/mol. The maximum absolute atomic E-state index is 11.4. The summed E-state index contributed by atoms with van der Waals surface area (Å²) in [5.74, 6) is 1.08. The monoisotopic (exact) mass is 267 g/mol. The highest BCUT2D eigenvalue weighted by Gasteiger charge is 2.29. The van der Waals surface area contributed by atoms with Gasteiger partial charge in [-0.25, -0.2) is 4.98 Å². The van der Waals surface area contributed by atoms with E-state index in [0.29, 0.717) is 32.2 Å². The molecule has 2 N–H and O–H groups in total. The minimum atomic E-state index is -0.404. The normalized spacial score (nSPS) is 21.5. The summed E-state index contributed by atoms with van der Waals surface area (Å²) in [5, 5.41) is 0. The van der Waals surface area contributed by atoms with Crippen LogP contribution in [0.25, 0.3) is 0 Å². The van der Waals surface area contributed by atoms with Gasteiger partial charge in [0, 0.05) is 12.0 Å². The molecule has 0 aromatic carbocycles. The van der Waals surface area contributed by atoms with E-state index in [1.54, 1.807) is 6.20 Å². The molecule has 1 fully saturated rings. The number of carbonyl (C=O) groups is 1. The van der Waals surface area contributed by atoms with Crippen molar-refractivity contribution in [2.24, 2.45) is 5.73 Å². The molecule has 0 radical (unpaired) electrons. The third kappa shape index (κ3) is 3.33. The molecular formula is C13H21N3O3. The average Bonchev–Trinajstić information content (AvgIpc) is 2.77. The van der Waals surface area contributed by atoms with Crippen molar-refractivity contribution in [2.45, 2.75) is 38.8 Å². The summed E-state index contributed by atoms with van der Waals surface area (Å²) in [7, 11) is 0. The number of nitrogens with zero attached hydrogens (tertiary/aromatic N) is 2. The van der Waals surface area contributed by atoms with Gasteiger partial charge in [-0.15, -0.1) is 0 Å². The molecule has 1 amide bonds. The van der Waals surface area contributed by atoms with Crippen LogP contribution in [-0.2, 0) is 21.5 Å². The lowest BCUT2D eigenvalue weighted by molar-refractivity contribution is -0.129. The second-order valence-corrected chi connectivity index (χ2v) is 5.83. The van der Waals surface area contributed by atoms with Crippen LogP contribution >= 0.6 is 0 Å². The van der Waals surface area contributed by atoms with Gasteiger partial charge in [0.2, 0.25) is 11.8 Å². The number of nitrogens with two attached hydrogens (primary N) is 1. The molecule has 1 aromatic rings. The van der Waals surface area contributed by atoms with E-state index in [4.69, 9.17) is 14.9 Å².